The summed E-state index contributed by atoms with van der Waals surface area (Å²) in [6.45, 7) is 3.12. The molecule has 1 amide bonds. The largest absolute Gasteiger partial charge is 0.348 e. The van der Waals surface area contributed by atoms with Crippen molar-refractivity contribution < 1.29 is 4.79 Å². The molecule has 0 aromatic rings. The van der Waals surface area contributed by atoms with Gasteiger partial charge in [0.15, 0.2) is 0 Å². The molecule has 0 saturated carbocycles. The number of hydrogen-bond acceptors (Lipinski definition) is 1. The maximum atomic E-state index is 10.2. The van der Waals surface area contributed by atoms with Crippen molar-refractivity contribution in [1.82, 2.24) is 4.90 Å². The van der Waals surface area contributed by atoms with E-state index in [1.807, 2.05) is 7.05 Å². The molecule has 0 rings (SSSR count). The van der Waals surface area contributed by atoms with Gasteiger partial charge in [0.05, 0.1) is 0 Å². The van der Waals surface area contributed by atoms with Crippen molar-refractivity contribution in [2.75, 3.05) is 13.6 Å². The summed E-state index contributed by atoms with van der Waals surface area (Å²) in [6.07, 6.45) is 7.21. The standard InChI is InChI=1S/C9H19NO/c1-3-4-5-6-7-8-10(2)9-11/h9H,3-8H2,1-2H3. The van der Waals surface area contributed by atoms with E-state index in [0.29, 0.717) is 0 Å². The van der Waals surface area contributed by atoms with Crippen LogP contribution in [0.25, 0.3) is 0 Å². The molecule has 0 aromatic heterocycles. The Morgan fingerprint density at radius 1 is 1.18 bits per heavy atom. The molecule has 0 N–H and O–H groups in total. The van der Waals surface area contributed by atoms with E-state index in [2.05, 4.69) is 6.92 Å². The number of rotatable bonds is 7. The molecule has 0 fully saturated rings. The van der Waals surface area contributed by atoms with E-state index in [0.717, 1.165) is 19.4 Å². The van der Waals surface area contributed by atoms with Gasteiger partial charge in [-0.05, 0) is 6.42 Å². The van der Waals surface area contributed by atoms with Crippen LogP contribution in [0.4, 0.5) is 0 Å². The van der Waals surface area contributed by atoms with Crippen LogP contribution in [0, 0.1) is 0 Å². The number of unbranched alkanes of at least 4 members (excludes halogenated alkanes) is 4. The van der Waals surface area contributed by atoms with Gasteiger partial charge in [0.1, 0.15) is 0 Å². The Hall–Kier alpha value is -0.530. The molecule has 0 unspecified atom stereocenters. The Morgan fingerprint density at radius 3 is 2.36 bits per heavy atom. The Bertz CT molecular complexity index is 93.6. The molecule has 2 nitrogen and oxygen atoms in total. The summed E-state index contributed by atoms with van der Waals surface area (Å²) >= 11 is 0. The second-order valence-electron chi connectivity index (χ2n) is 3.00. The van der Waals surface area contributed by atoms with Gasteiger partial charge in [-0.3, -0.25) is 4.79 Å². The van der Waals surface area contributed by atoms with Crippen LogP contribution < -0.4 is 0 Å². The third-order valence-electron chi connectivity index (χ3n) is 1.79. The lowest BCUT2D eigenvalue weighted by atomic mass is 10.1. The van der Waals surface area contributed by atoms with Crippen LogP contribution in [0.1, 0.15) is 39.0 Å². The summed E-state index contributed by atoms with van der Waals surface area (Å²) in [4.78, 5) is 11.9. The van der Waals surface area contributed by atoms with Gasteiger partial charge in [-0.2, -0.15) is 0 Å². The van der Waals surface area contributed by atoms with Crippen molar-refractivity contribution in [3.63, 3.8) is 0 Å². The lowest BCUT2D eigenvalue weighted by molar-refractivity contribution is -0.117. The predicted octanol–water partition coefficient (Wildman–Crippen LogP) is 2.04. The maximum absolute atomic E-state index is 10.2. The van der Waals surface area contributed by atoms with E-state index in [4.69, 9.17) is 0 Å². The van der Waals surface area contributed by atoms with Gasteiger partial charge in [0.25, 0.3) is 0 Å². The molecule has 66 valence electrons. The van der Waals surface area contributed by atoms with Crippen molar-refractivity contribution in [3.8, 4) is 0 Å². The van der Waals surface area contributed by atoms with Gasteiger partial charge in [-0.15, -0.1) is 0 Å². The van der Waals surface area contributed by atoms with Crippen molar-refractivity contribution >= 4 is 6.41 Å². The average Bonchev–Trinajstić information content (AvgIpc) is 2.04. The molecule has 0 radical (unpaired) electrons. The molecule has 0 bridgehead atoms. The summed E-state index contributed by atoms with van der Waals surface area (Å²) in [7, 11) is 1.83. The lowest BCUT2D eigenvalue weighted by Gasteiger charge is -2.08. The molecule has 0 spiro atoms. The quantitative estimate of drug-likeness (QED) is 0.409. The van der Waals surface area contributed by atoms with Gasteiger partial charge in [-0.25, -0.2) is 0 Å². The Kier molecular flexibility index (Phi) is 7.21. The molecule has 0 aromatic carbocycles. The predicted molar refractivity (Wildman–Crippen MR) is 47.5 cm³/mol. The summed E-state index contributed by atoms with van der Waals surface area (Å²) in [5, 5.41) is 0. The summed E-state index contributed by atoms with van der Waals surface area (Å²) in [5.41, 5.74) is 0. The minimum Gasteiger partial charge on any atom is -0.348 e. The first kappa shape index (κ1) is 10.5. The molecule has 2 heteroatoms. The average molecular weight is 157 g/mol. The minimum atomic E-state index is 0.889. The van der Waals surface area contributed by atoms with Gasteiger partial charge in [0, 0.05) is 13.6 Å². The fraction of sp³-hybridized carbons (Fsp3) is 0.889. The van der Waals surface area contributed by atoms with Crippen LogP contribution in [0.5, 0.6) is 0 Å². The van der Waals surface area contributed by atoms with E-state index in [1.54, 1.807) is 4.90 Å². The second kappa shape index (κ2) is 7.58. The third-order valence-corrected chi connectivity index (χ3v) is 1.79. The zero-order valence-electron chi connectivity index (χ0n) is 7.68. The van der Waals surface area contributed by atoms with Crippen LogP contribution >= 0.6 is 0 Å². The first-order valence-corrected chi connectivity index (χ1v) is 4.46. The van der Waals surface area contributed by atoms with Crippen molar-refractivity contribution in [3.05, 3.63) is 0 Å². The minimum absolute atomic E-state index is 0.889. The second-order valence-corrected chi connectivity index (χ2v) is 3.00. The highest BCUT2D eigenvalue weighted by Gasteiger charge is 1.92. The van der Waals surface area contributed by atoms with Crippen LogP contribution in [-0.4, -0.2) is 24.9 Å². The molecule has 0 atom stereocenters. The van der Waals surface area contributed by atoms with E-state index in [-0.39, 0.29) is 0 Å². The van der Waals surface area contributed by atoms with E-state index in [1.165, 1.54) is 25.7 Å². The van der Waals surface area contributed by atoms with Crippen molar-refractivity contribution in [1.29, 1.82) is 0 Å². The summed E-state index contributed by atoms with van der Waals surface area (Å²) in [5.74, 6) is 0. The van der Waals surface area contributed by atoms with E-state index < -0.39 is 0 Å². The van der Waals surface area contributed by atoms with Crippen LogP contribution in [0.2, 0.25) is 0 Å². The number of carbonyl (C=O) groups excluding carboxylic acids is 1. The Morgan fingerprint density at radius 2 is 1.82 bits per heavy atom. The molecular weight excluding hydrogens is 138 g/mol. The normalized spacial score (nSPS) is 9.64. The van der Waals surface area contributed by atoms with E-state index in [9.17, 15) is 4.79 Å². The number of carbonyl (C=O) groups is 1. The highest BCUT2D eigenvalue weighted by Crippen LogP contribution is 2.02. The van der Waals surface area contributed by atoms with Gasteiger partial charge < -0.3 is 4.90 Å². The Balaban J connectivity index is 2.95. The van der Waals surface area contributed by atoms with Crippen LogP contribution in [0.15, 0.2) is 0 Å². The first-order valence-electron chi connectivity index (χ1n) is 4.46. The third kappa shape index (κ3) is 7.37. The number of hydrogen-bond donors (Lipinski definition) is 0. The smallest absolute Gasteiger partial charge is 0.209 e. The molecule has 11 heavy (non-hydrogen) atoms. The van der Waals surface area contributed by atoms with Crippen LogP contribution in [0.3, 0.4) is 0 Å². The number of nitrogens with zero attached hydrogens (tertiary/aromatic N) is 1. The zero-order chi connectivity index (χ0) is 8.53. The van der Waals surface area contributed by atoms with Crippen molar-refractivity contribution in [2.45, 2.75) is 39.0 Å². The zero-order valence-corrected chi connectivity index (χ0v) is 7.68. The molecule has 0 heterocycles. The highest BCUT2D eigenvalue weighted by atomic mass is 16.1. The van der Waals surface area contributed by atoms with Crippen LogP contribution in [-0.2, 0) is 4.79 Å². The fourth-order valence-electron chi connectivity index (χ4n) is 1.02. The molecule has 0 aliphatic heterocycles. The Labute approximate surface area is 69.6 Å². The SMILES string of the molecule is CCCCCCCN(C)C=O. The lowest BCUT2D eigenvalue weighted by Crippen LogP contribution is -2.16. The summed E-state index contributed by atoms with van der Waals surface area (Å²) in [6, 6.07) is 0. The first-order chi connectivity index (χ1) is 5.31. The molecular formula is C9H19NO. The molecule has 0 aliphatic rings. The van der Waals surface area contributed by atoms with Crippen molar-refractivity contribution in [2.24, 2.45) is 0 Å². The highest BCUT2D eigenvalue weighted by molar-refractivity contribution is 5.46. The van der Waals surface area contributed by atoms with E-state index >= 15 is 0 Å². The molecule has 0 saturated heterocycles. The fourth-order valence-corrected chi connectivity index (χ4v) is 1.02. The topological polar surface area (TPSA) is 20.3 Å². The van der Waals surface area contributed by atoms with Gasteiger partial charge in [-0.1, -0.05) is 32.6 Å². The monoisotopic (exact) mass is 157 g/mol. The van der Waals surface area contributed by atoms with Gasteiger partial charge >= 0.3 is 0 Å². The van der Waals surface area contributed by atoms with Gasteiger partial charge in [0.2, 0.25) is 6.41 Å². The molecule has 0 aliphatic carbocycles. The number of amides is 1. The summed E-state index contributed by atoms with van der Waals surface area (Å²) < 4.78 is 0. The maximum Gasteiger partial charge on any atom is 0.209 e.